The minimum absolute atomic E-state index is 0.255. The van der Waals surface area contributed by atoms with Gasteiger partial charge in [-0.2, -0.15) is 13.2 Å². The van der Waals surface area contributed by atoms with E-state index in [9.17, 15) is 13.2 Å². The molecule has 0 fully saturated rings. The quantitative estimate of drug-likeness (QED) is 0.258. The van der Waals surface area contributed by atoms with E-state index in [1.807, 2.05) is 32.0 Å². The van der Waals surface area contributed by atoms with Crippen molar-refractivity contribution in [2.45, 2.75) is 26.6 Å². The third-order valence-electron chi connectivity index (χ3n) is 5.30. The third kappa shape index (κ3) is 6.38. The van der Waals surface area contributed by atoms with Crippen LogP contribution in [0.3, 0.4) is 0 Å². The van der Waals surface area contributed by atoms with Crippen LogP contribution in [0.25, 0.3) is 22.2 Å². The number of pyridine rings is 2. The van der Waals surface area contributed by atoms with E-state index < -0.39 is 11.7 Å². The van der Waals surface area contributed by atoms with Crippen LogP contribution in [0.15, 0.2) is 91.6 Å². The van der Waals surface area contributed by atoms with Crippen molar-refractivity contribution in [2.24, 2.45) is 0 Å². The molecule has 188 valence electrons. The van der Waals surface area contributed by atoms with E-state index >= 15 is 0 Å². The Morgan fingerprint density at radius 2 is 1.65 bits per heavy atom. The highest BCUT2D eigenvalue weighted by Crippen LogP contribution is 2.36. The summed E-state index contributed by atoms with van der Waals surface area (Å²) in [5.41, 5.74) is 2.08. The molecule has 1 N–H and O–H groups in total. The maximum atomic E-state index is 13.4. The number of benzene rings is 2. The second kappa shape index (κ2) is 11.5. The number of hydrogen-bond acceptors (Lipinski definition) is 6. The first-order valence-corrected chi connectivity index (χ1v) is 11.6. The van der Waals surface area contributed by atoms with E-state index in [1.54, 1.807) is 48.9 Å². The van der Waals surface area contributed by atoms with Crippen molar-refractivity contribution < 1.29 is 17.9 Å². The van der Waals surface area contributed by atoms with Crippen molar-refractivity contribution in [3.63, 3.8) is 0 Å². The Morgan fingerprint density at radius 1 is 0.838 bits per heavy atom. The fourth-order valence-corrected chi connectivity index (χ4v) is 3.56. The van der Waals surface area contributed by atoms with Crippen LogP contribution in [0.2, 0.25) is 0 Å². The Kier molecular flexibility index (Phi) is 7.92. The third-order valence-corrected chi connectivity index (χ3v) is 5.30. The molecule has 0 saturated heterocycles. The molecule has 2 aromatic carbocycles. The summed E-state index contributed by atoms with van der Waals surface area (Å²) in [6.07, 6.45) is 1.78. The number of anilines is 1. The summed E-state index contributed by atoms with van der Waals surface area (Å²) < 4.78 is 46.1. The summed E-state index contributed by atoms with van der Waals surface area (Å²) in [4.78, 5) is 16.7. The zero-order chi connectivity index (χ0) is 26.3. The number of fused-ring (bicyclic) bond motifs is 1. The van der Waals surface area contributed by atoms with Gasteiger partial charge in [-0.05, 0) is 48.0 Å². The minimum atomic E-state index is -4.48. The molecule has 0 radical (unpaired) electrons. The normalized spacial score (nSPS) is 10.9. The van der Waals surface area contributed by atoms with Gasteiger partial charge in [-0.3, -0.25) is 9.97 Å². The lowest BCUT2D eigenvalue weighted by Gasteiger charge is -2.15. The largest absolute Gasteiger partial charge is 0.439 e. The van der Waals surface area contributed by atoms with Crippen molar-refractivity contribution >= 4 is 16.6 Å². The first-order valence-electron chi connectivity index (χ1n) is 11.6. The molecule has 3 aromatic heterocycles. The van der Waals surface area contributed by atoms with Gasteiger partial charge in [-0.25, -0.2) is 9.97 Å². The zero-order valence-corrected chi connectivity index (χ0v) is 20.2. The molecule has 5 aromatic rings. The number of alkyl halides is 3. The van der Waals surface area contributed by atoms with E-state index in [0.29, 0.717) is 23.6 Å². The maximum absolute atomic E-state index is 13.4. The first kappa shape index (κ1) is 25.6. The highest BCUT2D eigenvalue weighted by Gasteiger charge is 2.31. The lowest BCUT2D eigenvalue weighted by Crippen LogP contribution is -2.08. The number of nitrogens with one attached hydrogen (secondary N) is 1. The van der Waals surface area contributed by atoms with Gasteiger partial charge < -0.3 is 10.1 Å². The van der Waals surface area contributed by atoms with Crippen LogP contribution in [-0.2, 0) is 12.7 Å². The van der Waals surface area contributed by atoms with Gasteiger partial charge in [0, 0.05) is 53.9 Å². The Labute approximate surface area is 212 Å². The molecule has 0 aliphatic heterocycles. The number of halogens is 3. The van der Waals surface area contributed by atoms with Crippen molar-refractivity contribution in [3.8, 4) is 22.9 Å². The number of ether oxygens (including phenoxy) is 1. The van der Waals surface area contributed by atoms with Gasteiger partial charge in [0.1, 0.15) is 12.1 Å². The van der Waals surface area contributed by atoms with Crippen molar-refractivity contribution in [3.05, 3.63) is 103 Å². The Bertz CT molecular complexity index is 1480. The number of nitrogens with zero attached hydrogens (tertiary/aromatic N) is 4. The number of hydrogen-bond donors (Lipinski definition) is 1. The van der Waals surface area contributed by atoms with Gasteiger partial charge in [0.05, 0.1) is 16.8 Å². The predicted octanol–water partition coefficient (Wildman–Crippen LogP) is 7.54. The fraction of sp³-hybridized carbons (Fsp3) is 0.143. The molecular weight excluding hydrogens is 479 g/mol. The smallest absolute Gasteiger partial charge is 0.416 e. The highest BCUT2D eigenvalue weighted by atomic mass is 19.4. The van der Waals surface area contributed by atoms with Crippen LogP contribution in [-0.4, -0.2) is 19.9 Å². The fourth-order valence-electron chi connectivity index (χ4n) is 3.56. The van der Waals surface area contributed by atoms with Gasteiger partial charge in [0.15, 0.2) is 0 Å². The summed E-state index contributed by atoms with van der Waals surface area (Å²) in [6, 6.07) is 17.9. The van der Waals surface area contributed by atoms with E-state index in [1.165, 1.54) is 12.4 Å². The molecule has 3 heterocycles. The molecule has 0 aliphatic rings. The molecular formula is C28H24F3N5O. The van der Waals surface area contributed by atoms with Gasteiger partial charge >= 0.3 is 6.18 Å². The second-order valence-electron chi connectivity index (χ2n) is 7.67. The second-order valence-corrected chi connectivity index (χ2v) is 7.67. The van der Waals surface area contributed by atoms with E-state index in [2.05, 4.69) is 25.3 Å². The van der Waals surface area contributed by atoms with Crippen LogP contribution >= 0.6 is 0 Å². The molecule has 6 nitrogen and oxygen atoms in total. The predicted molar refractivity (Wildman–Crippen MR) is 137 cm³/mol. The van der Waals surface area contributed by atoms with Crippen molar-refractivity contribution in [1.82, 2.24) is 19.9 Å². The molecule has 0 spiro atoms. The standard InChI is InChI=1S/C26H18F3N5O.C2H6/c27-26(28,29)19-4-6-21(23(12-19)32-15-17-7-10-30-11-8-17)24-14-25(34-16-33-24)35-20-5-3-18-2-1-9-31-22(18)13-20;1-2/h1-14,16,32H,15H2;1-2H3. The molecule has 9 heteroatoms. The molecule has 5 rings (SSSR count). The Balaban J connectivity index is 0.00000156. The maximum Gasteiger partial charge on any atom is 0.416 e. The summed E-state index contributed by atoms with van der Waals surface area (Å²) in [7, 11) is 0. The van der Waals surface area contributed by atoms with Crippen LogP contribution in [0, 0.1) is 0 Å². The molecule has 0 atom stereocenters. The van der Waals surface area contributed by atoms with Crippen LogP contribution in [0.1, 0.15) is 25.0 Å². The van der Waals surface area contributed by atoms with Crippen molar-refractivity contribution in [1.29, 1.82) is 0 Å². The zero-order valence-electron chi connectivity index (χ0n) is 20.2. The highest BCUT2D eigenvalue weighted by molar-refractivity contribution is 5.80. The minimum Gasteiger partial charge on any atom is -0.439 e. The summed E-state index contributed by atoms with van der Waals surface area (Å²) >= 11 is 0. The molecule has 0 unspecified atom stereocenters. The van der Waals surface area contributed by atoms with Gasteiger partial charge in [0.25, 0.3) is 0 Å². The summed E-state index contributed by atoms with van der Waals surface area (Å²) in [5, 5.41) is 4.06. The van der Waals surface area contributed by atoms with E-state index in [4.69, 9.17) is 4.74 Å². The summed E-state index contributed by atoms with van der Waals surface area (Å²) in [5.74, 6) is 0.787. The average molecular weight is 504 g/mol. The van der Waals surface area contributed by atoms with Crippen LogP contribution in [0.4, 0.5) is 18.9 Å². The van der Waals surface area contributed by atoms with Gasteiger partial charge in [-0.15, -0.1) is 0 Å². The molecule has 37 heavy (non-hydrogen) atoms. The molecule has 0 aliphatic carbocycles. The van der Waals surface area contributed by atoms with Gasteiger partial charge in [-0.1, -0.05) is 26.0 Å². The van der Waals surface area contributed by atoms with Crippen LogP contribution < -0.4 is 10.1 Å². The topological polar surface area (TPSA) is 72.8 Å². The number of rotatable bonds is 6. The lowest BCUT2D eigenvalue weighted by molar-refractivity contribution is -0.137. The Morgan fingerprint density at radius 3 is 2.43 bits per heavy atom. The van der Waals surface area contributed by atoms with Crippen molar-refractivity contribution in [2.75, 3.05) is 5.32 Å². The number of aromatic nitrogens is 4. The van der Waals surface area contributed by atoms with Crippen LogP contribution in [0.5, 0.6) is 11.6 Å². The Hall–Kier alpha value is -4.53. The van der Waals surface area contributed by atoms with Gasteiger partial charge in [0.2, 0.25) is 5.88 Å². The molecule has 0 saturated carbocycles. The summed E-state index contributed by atoms with van der Waals surface area (Å²) in [6.45, 7) is 4.31. The lowest BCUT2D eigenvalue weighted by atomic mass is 10.0. The molecule has 0 amide bonds. The average Bonchev–Trinajstić information content (AvgIpc) is 2.93. The van der Waals surface area contributed by atoms with E-state index in [-0.39, 0.29) is 11.6 Å². The first-order chi connectivity index (χ1) is 18.0. The molecule has 0 bridgehead atoms. The van der Waals surface area contributed by atoms with E-state index in [0.717, 1.165) is 28.6 Å². The SMILES string of the molecule is CC.FC(F)(F)c1ccc(-c2cc(Oc3ccc4cccnc4c3)ncn2)c(NCc2ccncc2)c1. The monoisotopic (exact) mass is 503 g/mol.